The molecule has 1 fully saturated rings. The molecule has 1 aromatic rings. The Morgan fingerprint density at radius 1 is 1.24 bits per heavy atom. The second-order valence-corrected chi connectivity index (χ2v) is 6.81. The minimum atomic E-state index is -0.111. The second-order valence-electron chi connectivity index (χ2n) is 5.52. The monoisotopic (exact) mass is 307 g/mol. The van der Waals surface area contributed by atoms with Crippen molar-refractivity contribution < 1.29 is 14.3 Å². The predicted octanol–water partition coefficient (Wildman–Crippen LogP) is 2.62. The minimum absolute atomic E-state index is 0.0920. The summed E-state index contributed by atoms with van der Waals surface area (Å²) in [5.74, 6) is 2.17. The highest BCUT2D eigenvalue weighted by molar-refractivity contribution is 8.00. The maximum Gasteiger partial charge on any atom is 0.230 e. The van der Waals surface area contributed by atoms with E-state index in [1.54, 1.807) is 11.8 Å². The highest BCUT2D eigenvalue weighted by atomic mass is 32.2. The lowest BCUT2D eigenvalue weighted by atomic mass is 10.2. The third kappa shape index (κ3) is 4.06. The van der Waals surface area contributed by atoms with E-state index in [2.05, 4.69) is 5.32 Å². The number of amides is 1. The van der Waals surface area contributed by atoms with Crippen LogP contribution in [0.25, 0.3) is 0 Å². The van der Waals surface area contributed by atoms with E-state index in [0.717, 1.165) is 11.5 Å². The minimum Gasteiger partial charge on any atom is -0.486 e. The van der Waals surface area contributed by atoms with Crippen LogP contribution < -0.4 is 14.8 Å². The number of benzene rings is 1. The summed E-state index contributed by atoms with van der Waals surface area (Å²) in [5, 5.41) is 3.62. The van der Waals surface area contributed by atoms with Gasteiger partial charge in [0.15, 0.2) is 11.5 Å². The highest BCUT2D eigenvalue weighted by Crippen LogP contribution is 2.31. The Morgan fingerprint density at radius 3 is 2.81 bits per heavy atom. The first-order chi connectivity index (χ1) is 10.3. The van der Waals surface area contributed by atoms with Crippen molar-refractivity contribution in [3.8, 4) is 11.5 Å². The smallest absolute Gasteiger partial charge is 0.230 e. The van der Waals surface area contributed by atoms with E-state index in [1.165, 1.54) is 25.7 Å². The molecular formula is C16H21NO3S. The summed E-state index contributed by atoms with van der Waals surface area (Å²) in [6, 6.07) is 7.62. The Bertz CT molecular complexity index is 488. The normalized spacial score (nSPS) is 21.2. The summed E-state index contributed by atoms with van der Waals surface area (Å²) in [6.07, 6.45) is 5.03. The number of hydrogen-bond acceptors (Lipinski definition) is 4. The fourth-order valence-electron chi connectivity index (χ4n) is 2.69. The van der Waals surface area contributed by atoms with Crippen molar-refractivity contribution in [3.05, 3.63) is 24.3 Å². The molecule has 0 spiro atoms. The van der Waals surface area contributed by atoms with Crippen LogP contribution in [0.2, 0.25) is 0 Å². The molecule has 0 radical (unpaired) electrons. The lowest BCUT2D eigenvalue weighted by molar-refractivity contribution is -0.119. The van der Waals surface area contributed by atoms with Crippen LogP contribution in [0.5, 0.6) is 11.5 Å². The molecule has 3 rings (SSSR count). The van der Waals surface area contributed by atoms with Crippen LogP contribution in [0.15, 0.2) is 24.3 Å². The maximum atomic E-state index is 11.9. The molecule has 0 aromatic heterocycles. The highest BCUT2D eigenvalue weighted by Gasteiger charge is 2.21. The molecule has 1 aromatic carbocycles. The molecule has 0 bridgehead atoms. The number of thioether (sulfide) groups is 1. The van der Waals surface area contributed by atoms with Crippen LogP contribution in [-0.2, 0) is 4.79 Å². The van der Waals surface area contributed by atoms with E-state index in [1.807, 2.05) is 24.3 Å². The van der Waals surface area contributed by atoms with Crippen LogP contribution in [0.1, 0.15) is 25.7 Å². The average Bonchev–Trinajstić information content (AvgIpc) is 3.04. The van der Waals surface area contributed by atoms with Gasteiger partial charge in [-0.2, -0.15) is 0 Å². The number of rotatable bonds is 5. The predicted molar refractivity (Wildman–Crippen MR) is 84.1 cm³/mol. The molecule has 4 nitrogen and oxygen atoms in total. The number of hydrogen-bond donors (Lipinski definition) is 1. The standard InChI is InChI=1S/C16H21NO3S/c18-16(11-21-13-5-1-2-6-13)17-9-12-10-19-14-7-3-4-8-15(14)20-12/h3-4,7-8,12-13H,1-2,5-6,9-11H2,(H,17,18)/t12-/m0/s1. The first-order valence-corrected chi connectivity index (χ1v) is 8.63. The lowest BCUT2D eigenvalue weighted by Crippen LogP contribution is -2.41. The van der Waals surface area contributed by atoms with Crippen molar-refractivity contribution in [2.75, 3.05) is 18.9 Å². The Kier molecular flexibility index (Phi) is 4.91. The SMILES string of the molecule is O=C(CSC1CCCC1)NC[C@H]1COc2ccccc2O1. The number of ether oxygens (including phenoxy) is 2. The molecule has 5 heteroatoms. The lowest BCUT2D eigenvalue weighted by Gasteiger charge is -2.26. The number of carbonyl (C=O) groups is 1. The fourth-order valence-corrected chi connectivity index (χ4v) is 3.85. The zero-order chi connectivity index (χ0) is 14.5. The molecule has 0 saturated heterocycles. The van der Waals surface area contributed by atoms with Gasteiger partial charge in [-0.25, -0.2) is 0 Å². The van der Waals surface area contributed by atoms with Gasteiger partial charge in [0.1, 0.15) is 12.7 Å². The number of nitrogens with one attached hydrogen (secondary N) is 1. The van der Waals surface area contributed by atoms with Crippen LogP contribution in [0.4, 0.5) is 0 Å². The van der Waals surface area contributed by atoms with E-state index >= 15 is 0 Å². The summed E-state index contributed by atoms with van der Waals surface area (Å²) in [7, 11) is 0. The molecule has 2 aliphatic rings. The molecule has 1 heterocycles. The molecule has 1 N–H and O–H groups in total. The van der Waals surface area contributed by atoms with Crippen LogP contribution in [0, 0.1) is 0 Å². The van der Waals surface area contributed by atoms with Crippen molar-refractivity contribution in [2.45, 2.75) is 37.0 Å². The van der Waals surface area contributed by atoms with Crippen LogP contribution >= 0.6 is 11.8 Å². The molecule has 1 atom stereocenters. The average molecular weight is 307 g/mol. The van der Waals surface area contributed by atoms with Gasteiger partial charge in [0.05, 0.1) is 12.3 Å². The van der Waals surface area contributed by atoms with Gasteiger partial charge < -0.3 is 14.8 Å². The van der Waals surface area contributed by atoms with Crippen molar-refractivity contribution >= 4 is 17.7 Å². The first-order valence-electron chi connectivity index (χ1n) is 7.58. The zero-order valence-electron chi connectivity index (χ0n) is 12.0. The molecule has 1 amide bonds. The summed E-state index contributed by atoms with van der Waals surface area (Å²) >= 11 is 1.78. The van der Waals surface area contributed by atoms with E-state index in [9.17, 15) is 4.79 Å². The van der Waals surface area contributed by atoms with Gasteiger partial charge in [-0.05, 0) is 25.0 Å². The molecule has 1 aliphatic carbocycles. The van der Waals surface area contributed by atoms with E-state index in [4.69, 9.17) is 9.47 Å². The van der Waals surface area contributed by atoms with E-state index in [0.29, 0.717) is 24.2 Å². The van der Waals surface area contributed by atoms with Crippen molar-refractivity contribution in [1.29, 1.82) is 0 Å². The summed E-state index contributed by atoms with van der Waals surface area (Å²) in [4.78, 5) is 11.9. The second kappa shape index (κ2) is 7.07. The first kappa shape index (κ1) is 14.6. The Hall–Kier alpha value is -1.36. The van der Waals surface area contributed by atoms with E-state index < -0.39 is 0 Å². The van der Waals surface area contributed by atoms with Gasteiger partial charge >= 0.3 is 0 Å². The van der Waals surface area contributed by atoms with Crippen molar-refractivity contribution in [3.63, 3.8) is 0 Å². The largest absolute Gasteiger partial charge is 0.486 e. The molecule has 0 unspecified atom stereocenters. The molecule has 114 valence electrons. The van der Waals surface area contributed by atoms with Gasteiger partial charge in [0.2, 0.25) is 5.91 Å². The fraction of sp³-hybridized carbons (Fsp3) is 0.562. The third-order valence-corrected chi connectivity index (χ3v) is 5.22. The van der Waals surface area contributed by atoms with Crippen molar-refractivity contribution in [2.24, 2.45) is 0 Å². The quantitative estimate of drug-likeness (QED) is 0.908. The van der Waals surface area contributed by atoms with Crippen LogP contribution in [-0.4, -0.2) is 36.2 Å². The maximum absolute atomic E-state index is 11.9. The Balaban J connectivity index is 1.38. The summed E-state index contributed by atoms with van der Waals surface area (Å²) < 4.78 is 11.4. The number of fused-ring (bicyclic) bond motifs is 1. The topological polar surface area (TPSA) is 47.6 Å². The molecule has 1 aliphatic heterocycles. The number of carbonyl (C=O) groups excluding carboxylic acids is 1. The van der Waals surface area contributed by atoms with Gasteiger partial charge in [-0.15, -0.1) is 11.8 Å². The summed E-state index contributed by atoms with van der Waals surface area (Å²) in [5.41, 5.74) is 0. The van der Waals surface area contributed by atoms with Crippen LogP contribution in [0.3, 0.4) is 0 Å². The number of para-hydroxylation sites is 2. The Morgan fingerprint density at radius 2 is 2.00 bits per heavy atom. The van der Waals surface area contributed by atoms with Gasteiger partial charge in [-0.3, -0.25) is 4.79 Å². The molecule has 1 saturated carbocycles. The van der Waals surface area contributed by atoms with Gasteiger partial charge in [0.25, 0.3) is 0 Å². The zero-order valence-corrected chi connectivity index (χ0v) is 12.9. The Labute approximate surface area is 129 Å². The van der Waals surface area contributed by atoms with Gasteiger partial charge in [-0.1, -0.05) is 25.0 Å². The third-order valence-electron chi connectivity index (χ3n) is 3.85. The molecular weight excluding hydrogens is 286 g/mol. The van der Waals surface area contributed by atoms with E-state index in [-0.39, 0.29) is 12.0 Å². The molecule has 21 heavy (non-hydrogen) atoms. The van der Waals surface area contributed by atoms with Gasteiger partial charge in [0, 0.05) is 5.25 Å². The summed E-state index contributed by atoms with van der Waals surface area (Å²) in [6.45, 7) is 0.978. The van der Waals surface area contributed by atoms with Crippen molar-refractivity contribution in [1.82, 2.24) is 5.32 Å².